The molecule has 0 saturated heterocycles. The van der Waals surface area contributed by atoms with Gasteiger partial charge in [0.05, 0.1) is 23.2 Å². The molecule has 0 aliphatic rings. The van der Waals surface area contributed by atoms with E-state index >= 15 is 0 Å². The predicted octanol–water partition coefficient (Wildman–Crippen LogP) is 2.91. The van der Waals surface area contributed by atoms with Crippen molar-refractivity contribution in [3.05, 3.63) is 69.3 Å². The number of benzene rings is 2. The summed E-state index contributed by atoms with van der Waals surface area (Å²) in [6.45, 7) is 1.55. The zero-order valence-corrected chi connectivity index (χ0v) is 12.4. The van der Waals surface area contributed by atoms with E-state index in [0.717, 1.165) is 0 Å². The highest BCUT2D eigenvalue weighted by Crippen LogP contribution is 2.23. The first-order valence-electron chi connectivity index (χ1n) is 6.58. The van der Waals surface area contributed by atoms with Crippen molar-refractivity contribution in [1.82, 2.24) is 0 Å². The van der Waals surface area contributed by atoms with Crippen molar-refractivity contribution < 1.29 is 24.0 Å². The van der Waals surface area contributed by atoms with Crippen molar-refractivity contribution in [3.8, 4) is 5.75 Å². The molecule has 118 valence electrons. The number of hydrogen-bond donors (Lipinski definition) is 0. The summed E-state index contributed by atoms with van der Waals surface area (Å²) in [5, 5.41) is 10.8. The smallest absolute Gasteiger partial charge is 0.343 e. The Morgan fingerprint density at radius 1 is 1.04 bits per heavy atom. The van der Waals surface area contributed by atoms with E-state index < -0.39 is 16.9 Å². The number of aryl methyl sites for hydroxylation is 1. The molecule has 0 aliphatic heterocycles. The average molecular weight is 315 g/mol. The second kappa shape index (κ2) is 6.69. The number of nitro groups is 1. The Bertz CT molecular complexity index is 784. The largest absolute Gasteiger partial charge is 0.465 e. The summed E-state index contributed by atoms with van der Waals surface area (Å²) in [5.41, 5.74) is 0.715. The Labute approximate surface area is 131 Å². The molecule has 2 aromatic carbocycles. The lowest BCUT2D eigenvalue weighted by atomic mass is 10.1. The van der Waals surface area contributed by atoms with Gasteiger partial charge in [0.2, 0.25) is 0 Å². The highest BCUT2D eigenvalue weighted by molar-refractivity contribution is 5.96. The van der Waals surface area contributed by atoms with Crippen LogP contribution < -0.4 is 4.74 Å². The predicted molar refractivity (Wildman–Crippen MR) is 80.6 cm³/mol. The summed E-state index contributed by atoms with van der Waals surface area (Å²) in [6.07, 6.45) is 0. The van der Waals surface area contributed by atoms with Gasteiger partial charge in [-0.05, 0) is 37.3 Å². The molecule has 0 bridgehead atoms. The van der Waals surface area contributed by atoms with Gasteiger partial charge in [-0.1, -0.05) is 6.07 Å². The molecule has 23 heavy (non-hydrogen) atoms. The van der Waals surface area contributed by atoms with Crippen molar-refractivity contribution in [1.29, 1.82) is 0 Å². The monoisotopic (exact) mass is 315 g/mol. The Balaban J connectivity index is 2.21. The van der Waals surface area contributed by atoms with Gasteiger partial charge in [-0.15, -0.1) is 0 Å². The topological polar surface area (TPSA) is 95.7 Å². The summed E-state index contributed by atoms with van der Waals surface area (Å²) in [6, 6.07) is 9.90. The van der Waals surface area contributed by atoms with Crippen LogP contribution in [-0.2, 0) is 4.74 Å². The minimum absolute atomic E-state index is 0.0579. The number of ether oxygens (including phenoxy) is 2. The molecule has 0 heterocycles. The summed E-state index contributed by atoms with van der Waals surface area (Å²) in [7, 11) is 1.24. The van der Waals surface area contributed by atoms with E-state index in [0.29, 0.717) is 5.56 Å². The van der Waals surface area contributed by atoms with Crippen LogP contribution in [0, 0.1) is 17.0 Å². The van der Waals surface area contributed by atoms with Crippen LogP contribution in [0.15, 0.2) is 42.5 Å². The van der Waals surface area contributed by atoms with Gasteiger partial charge in [-0.25, -0.2) is 9.59 Å². The lowest BCUT2D eigenvalue weighted by Gasteiger charge is -2.06. The second-order valence-corrected chi connectivity index (χ2v) is 4.67. The molecule has 0 spiro atoms. The van der Waals surface area contributed by atoms with Crippen LogP contribution >= 0.6 is 0 Å². The Hall–Kier alpha value is -3.22. The number of carbonyl (C=O) groups excluding carboxylic acids is 2. The SMILES string of the molecule is COC(=O)c1cccc(C(=O)Oc2ccc([N+](=O)[O-])c(C)c2)c1. The molecule has 0 saturated carbocycles. The lowest BCUT2D eigenvalue weighted by Crippen LogP contribution is -2.10. The molecule has 7 nitrogen and oxygen atoms in total. The van der Waals surface area contributed by atoms with Crippen molar-refractivity contribution in [2.45, 2.75) is 6.92 Å². The molecule has 7 heteroatoms. The number of nitro benzene ring substituents is 1. The third-order valence-electron chi connectivity index (χ3n) is 3.09. The van der Waals surface area contributed by atoms with Crippen molar-refractivity contribution >= 4 is 17.6 Å². The van der Waals surface area contributed by atoms with Gasteiger partial charge < -0.3 is 9.47 Å². The Kier molecular flexibility index (Phi) is 4.70. The minimum atomic E-state index is -0.677. The van der Waals surface area contributed by atoms with Gasteiger partial charge in [-0.2, -0.15) is 0 Å². The molecule has 0 unspecified atom stereocenters. The van der Waals surface area contributed by atoms with Crippen LogP contribution in [0.25, 0.3) is 0 Å². The summed E-state index contributed by atoms with van der Waals surface area (Å²) in [5.74, 6) is -1.06. The van der Waals surface area contributed by atoms with Crippen molar-refractivity contribution in [2.24, 2.45) is 0 Å². The Morgan fingerprint density at radius 2 is 1.70 bits per heavy atom. The fraction of sp³-hybridized carbons (Fsp3) is 0.125. The van der Waals surface area contributed by atoms with Crippen LogP contribution in [0.3, 0.4) is 0 Å². The van der Waals surface area contributed by atoms with E-state index in [4.69, 9.17) is 4.74 Å². The van der Waals surface area contributed by atoms with Crippen LogP contribution in [-0.4, -0.2) is 24.0 Å². The summed E-state index contributed by atoms with van der Waals surface area (Å²) >= 11 is 0. The first-order valence-corrected chi connectivity index (χ1v) is 6.58. The minimum Gasteiger partial charge on any atom is -0.465 e. The molecular formula is C16H13NO6. The zero-order valence-electron chi connectivity index (χ0n) is 12.4. The van der Waals surface area contributed by atoms with Gasteiger partial charge in [0, 0.05) is 11.6 Å². The number of hydrogen-bond acceptors (Lipinski definition) is 6. The first kappa shape index (κ1) is 16.2. The van der Waals surface area contributed by atoms with E-state index in [1.165, 1.54) is 49.6 Å². The van der Waals surface area contributed by atoms with Gasteiger partial charge in [0.1, 0.15) is 5.75 Å². The average Bonchev–Trinajstić information content (AvgIpc) is 2.54. The van der Waals surface area contributed by atoms with E-state index in [1.807, 2.05) is 0 Å². The second-order valence-electron chi connectivity index (χ2n) is 4.67. The molecule has 0 aliphatic carbocycles. The van der Waals surface area contributed by atoms with Crippen molar-refractivity contribution in [2.75, 3.05) is 7.11 Å². The standard InChI is InChI=1S/C16H13NO6/c1-10-8-13(6-7-14(10)17(20)21)23-16(19)12-5-3-4-11(9-12)15(18)22-2/h3-9H,1-2H3. The maximum Gasteiger partial charge on any atom is 0.343 e. The van der Waals surface area contributed by atoms with E-state index in [1.54, 1.807) is 6.92 Å². The number of rotatable bonds is 4. The third kappa shape index (κ3) is 3.70. The lowest BCUT2D eigenvalue weighted by molar-refractivity contribution is -0.385. The molecule has 0 amide bonds. The van der Waals surface area contributed by atoms with Crippen LogP contribution in [0.4, 0.5) is 5.69 Å². The maximum atomic E-state index is 12.1. The number of esters is 2. The van der Waals surface area contributed by atoms with E-state index in [9.17, 15) is 19.7 Å². The van der Waals surface area contributed by atoms with Gasteiger partial charge in [0.15, 0.2) is 0 Å². The third-order valence-corrected chi connectivity index (χ3v) is 3.09. The normalized spacial score (nSPS) is 10.0. The molecule has 0 fully saturated rings. The number of nitrogens with zero attached hydrogens (tertiary/aromatic N) is 1. The van der Waals surface area contributed by atoms with E-state index in [-0.39, 0.29) is 22.6 Å². The van der Waals surface area contributed by atoms with Gasteiger partial charge in [-0.3, -0.25) is 10.1 Å². The van der Waals surface area contributed by atoms with E-state index in [2.05, 4.69) is 4.74 Å². The zero-order chi connectivity index (χ0) is 17.0. The maximum absolute atomic E-state index is 12.1. The molecule has 0 atom stereocenters. The summed E-state index contributed by atoms with van der Waals surface area (Å²) < 4.78 is 9.76. The molecule has 0 radical (unpaired) electrons. The highest BCUT2D eigenvalue weighted by Gasteiger charge is 2.15. The molecule has 0 N–H and O–H groups in total. The molecule has 2 aromatic rings. The van der Waals surface area contributed by atoms with Crippen LogP contribution in [0.2, 0.25) is 0 Å². The molecular weight excluding hydrogens is 302 g/mol. The van der Waals surface area contributed by atoms with Crippen LogP contribution in [0.1, 0.15) is 26.3 Å². The Morgan fingerprint density at radius 3 is 2.26 bits per heavy atom. The number of carbonyl (C=O) groups is 2. The number of methoxy groups -OCH3 is 1. The van der Waals surface area contributed by atoms with Crippen LogP contribution in [0.5, 0.6) is 5.75 Å². The fourth-order valence-electron chi connectivity index (χ4n) is 1.95. The highest BCUT2D eigenvalue weighted by atomic mass is 16.6. The van der Waals surface area contributed by atoms with Gasteiger partial charge in [0.25, 0.3) is 5.69 Å². The fourth-order valence-corrected chi connectivity index (χ4v) is 1.95. The molecule has 2 rings (SSSR count). The quantitative estimate of drug-likeness (QED) is 0.372. The molecule has 0 aromatic heterocycles. The van der Waals surface area contributed by atoms with Gasteiger partial charge >= 0.3 is 11.9 Å². The van der Waals surface area contributed by atoms with Crippen molar-refractivity contribution in [3.63, 3.8) is 0 Å². The first-order chi connectivity index (χ1) is 10.9. The summed E-state index contributed by atoms with van der Waals surface area (Å²) in [4.78, 5) is 33.8.